The molecule has 0 amide bonds. The van der Waals surface area contributed by atoms with Crippen LogP contribution in [0.5, 0.6) is 0 Å². The number of fused-ring (bicyclic) bond motifs is 1. The van der Waals surface area contributed by atoms with E-state index in [9.17, 15) is 0 Å². The summed E-state index contributed by atoms with van der Waals surface area (Å²) in [6, 6.07) is 8.65. The molecule has 2 rings (SSSR count). The summed E-state index contributed by atoms with van der Waals surface area (Å²) in [7, 11) is 0. The molecule has 1 aromatic rings. The van der Waals surface area contributed by atoms with E-state index in [0.717, 1.165) is 18.9 Å². The summed E-state index contributed by atoms with van der Waals surface area (Å²) in [5, 5.41) is 0. The Morgan fingerprint density at radius 2 is 2.25 bits per heavy atom. The smallest absolute Gasteiger partial charge is 0.0103 e. The van der Waals surface area contributed by atoms with Crippen molar-refractivity contribution >= 4 is 0 Å². The maximum absolute atomic E-state index is 5.23. The monoisotopic (exact) mass is 162 g/mol. The van der Waals surface area contributed by atoms with E-state index in [1.54, 1.807) is 0 Å². The molecular weight excluding hydrogens is 148 g/mol. The molecule has 12 heavy (non-hydrogen) atoms. The maximum Gasteiger partial charge on any atom is 0.0103 e. The van der Waals surface area contributed by atoms with Gasteiger partial charge in [0.2, 0.25) is 0 Å². The first-order valence-corrected chi connectivity index (χ1v) is 4.43. The molecule has 0 fully saturated rings. The second kappa shape index (κ2) is 3.25. The van der Waals surface area contributed by atoms with Gasteiger partial charge >= 0.3 is 0 Å². The first-order valence-electron chi connectivity index (χ1n) is 4.43. The Morgan fingerprint density at radius 3 is 3.00 bits per heavy atom. The van der Waals surface area contributed by atoms with Gasteiger partial charge in [-0.25, -0.2) is 0 Å². The number of benzene rings is 1. The van der Waals surface area contributed by atoms with Crippen LogP contribution in [-0.4, -0.2) is 6.54 Å². The van der Waals surface area contributed by atoms with Crippen molar-refractivity contribution in [1.82, 2.24) is 5.43 Å². The Labute approximate surface area is 72.7 Å². The zero-order valence-electron chi connectivity index (χ0n) is 7.09. The second-order valence-corrected chi connectivity index (χ2v) is 3.34. The van der Waals surface area contributed by atoms with Crippen molar-refractivity contribution in [3.8, 4) is 0 Å². The average molecular weight is 162 g/mol. The number of hydrogen-bond acceptors (Lipinski definition) is 2. The van der Waals surface area contributed by atoms with Gasteiger partial charge in [0, 0.05) is 6.54 Å². The highest BCUT2D eigenvalue weighted by molar-refractivity contribution is 5.39. The van der Waals surface area contributed by atoms with Crippen molar-refractivity contribution in [2.45, 2.75) is 18.8 Å². The minimum atomic E-state index is 0.747. The third-order valence-corrected chi connectivity index (χ3v) is 2.60. The summed E-state index contributed by atoms with van der Waals surface area (Å²) in [5.74, 6) is 5.97. The lowest BCUT2D eigenvalue weighted by Gasteiger charge is -2.29. The third kappa shape index (κ3) is 1.24. The van der Waals surface area contributed by atoms with E-state index < -0.39 is 0 Å². The molecule has 64 valence electrons. The molecule has 0 aliphatic heterocycles. The van der Waals surface area contributed by atoms with Crippen molar-refractivity contribution < 1.29 is 0 Å². The van der Waals surface area contributed by atoms with Crippen molar-refractivity contribution in [2.24, 2.45) is 5.84 Å². The zero-order chi connectivity index (χ0) is 8.39. The van der Waals surface area contributed by atoms with Crippen LogP contribution >= 0.6 is 0 Å². The molecule has 0 aromatic heterocycles. The quantitative estimate of drug-likeness (QED) is 0.517. The fourth-order valence-corrected chi connectivity index (χ4v) is 1.88. The molecule has 2 nitrogen and oxygen atoms in total. The summed E-state index contributed by atoms with van der Waals surface area (Å²) < 4.78 is 0. The van der Waals surface area contributed by atoms with Gasteiger partial charge in [0.05, 0.1) is 0 Å². The molecule has 0 saturated heterocycles. The van der Waals surface area contributed by atoms with Gasteiger partial charge in [-0.3, -0.25) is 11.3 Å². The van der Waals surface area contributed by atoms with E-state index in [0.29, 0.717) is 0 Å². The molecule has 0 saturated carbocycles. The topological polar surface area (TPSA) is 38.0 Å². The molecule has 1 aromatic carbocycles. The van der Waals surface area contributed by atoms with Crippen LogP contribution in [0.4, 0.5) is 0 Å². The predicted octanol–water partition coefficient (Wildman–Crippen LogP) is 1.18. The molecule has 1 aliphatic carbocycles. The first kappa shape index (κ1) is 7.77. The second-order valence-electron chi connectivity index (χ2n) is 3.34. The highest BCUT2D eigenvalue weighted by Crippen LogP contribution is 2.36. The molecule has 1 unspecified atom stereocenters. The highest BCUT2D eigenvalue weighted by atomic mass is 15.2. The van der Waals surface area contributed by atoms with Gasteiger partial charge in [0.15, 0.2) is 0 Å². The fourth-order valence-electron chi connectivity index (χ4n) is 1.88. The van der Waals surface area contributed by atoms with E-state index in [4.69, 9.17) is 5.84 Å². The van der Waals surface area contributed by atoms with Crippen LogP contribution in [0.3, 0.4) is 0 Å². The van der Waals surface area contributed by atoms with Crippen LogP contribution in [0.1, 0.15) is 23.5 Å². The fraction of sp³-hybridized carbons (Fsp3) is 0.400. The van der Waals surface area contributed by atoms with Crippen LogP contribution in [0.2, 0.25) is 0 Å². The van der Waals surface area contributed by atoms with E-state index in [1.807, 2.05) is 0 Å². The zero-order valence-corrected chi connectivity index (χ0v) is 7.09. The van der Waals surface area contributed by atoms with Crippen molar-refractivity contribution in [3.63, 3.8) is 0 Å². The Morgan fingerprint density at radius 1 is 1.42 bits per heavy atom. The molecule has 1 atom stereocenters. The van der Waals surface area contributed by atoms with Crippen LogP contribution < -0.4 is 11.3 Å². The Hall–Kier alpha value is -0.860. The van der Waals surface area contributed by atoms with Crippen molar-refractivity contribution in [1.29, 1.82) is 0 Å². The van der Waals surface area contributed by atoms with Crippen LogP contribution in [0.25, 0.3) is 0 Å². The number of nitrogens with two attached hydrogens (primary N) is 1. The average Bonchev–Trinajstić information content (AvgIpc) is 2.07. The molecule has 2 heteroatoms. The molecule has 0 bridgehead atoms. The van der Waals surface area contributed by atoms with E-state index in [-0.39, 0.29) is 0 Å². The lowest BCUT2D eigenvalue weighted by Crippen LogP contribution is -2.27. The van der Waals surface area contributed by atoms with Gasteiger partial charge in [-0.15, -0.1) is 0 Å². The summed E-state index contributed by atoms with van der Waals surface area (Å²) in [4.78, 5) is 0. The summed E-state index contributed by atoms with van der Waals surface area (Å²) >= 11 is 0. The first-order chi connectivity index (χ1) is 5.92. The van der Waals surface area contributed by atoms with Crippen LogP contribution in [0, 0.1) is 0 Å². The molecule has 1 aliphatic rings. The maximum atomic E-state index is 5.23. The van der Waals surface area contributed by atoms with Gasteiger partial charge in [-0.05, 0) is 29.9 Å². The number of rotatable bonds is 3. The number of hydrazine groups is 1. The largest absolute Gasteiger partial charge is 0.271 e. The summed E-state index contributed by atoms with van der Waals surface area (Å²) in [5.41, 5.74) is 5.73. The summed E-state index contributed by atoms with van der Waals surface area (Å²) in [6.07, 6.45) is 2.39. The van der Waals surface area contributed by atoms with E-state index in [2.05, 4.69) is 29.7 Å². The third-order valence-electron chi connectivity index (χ3n) is 2.60. The Balaban J connectivity index is 2.00. The highest BCUT2D eigenvalue weighted by Gasteiger charge is 2.24. The van der Waals surface area contributed by atoms with Crippen molar-refractivity contribution in [2.75, 3.05) is 6.54 Å². The molecule has 0 heterocycles. The standard InChI is InChI=1S/C10H14N2/c11-12-6-5-9-7-8-3-1-2-4-10(8)9/h1-4,9,12H,5-7,11H2. The molecule has 3 N–H and O–H groups in total. The van der Waals surface area contributed by atoms with Crippen LogP contribution in [0.15, 0.2) is 24.3 Å². The Kier molecular flexibility index (Phi) is 2.11. The van der Waals surface area contributed by atoms with Crippen molar-refractivity contribution in [3.05, 3.63) is 35.4 Å². The SMILES string of the molecule is NNCCC1Cc2ccccc21. The van der Waals surface area contributed by atoms with Gasteiger partial charge in [-0.1, -0.05) is 24.3 Å². The minimum absolute atomic E-state index is 0.747. The van der Waals surface area contributed by atoms with E-state index in [1.165, 1.54) is 17.5 Å². The normalized spacial score (nSPS) is 19.9. The molecule has 0 radical (unpaired) electrons. The van der Waals surface area contributed by atoms with Gasteiger partial charge in [-0.2, -0.15) is 0 Å². The Bertz CT molecular complexity index is 270. The van der Waals surface area contributed by atoms with Gasteiger partial charge in [0.1, 0.15) is 0 Å². The lowest BCUT2D eigenvalue weighted by molar-refractivity contribution is 0.531. The lowest BCUT2D eigenvalue weighted by atomic mass is 9.76. The van der Waals surface area contributed by atoms with E-state index >= 15 is 0 Å². The van der Waals surface area contributed by atoms with Gasteiger partial charge < -0.3 is 0 Å². The predicted molar refractivity (Wildman–Crippen MR) is 49.7 cm³/mol. The van der Waals surface area contributed by atoms with Gasteiger partial charge in [0.25, 0.3) is 0 Å². The van der Waals surface area contributed by atoms with Crippen LogP contribution in [-0.2, 0) is 6.42 Å². The number of hydrogen-bond donors (Lipinski definition) is 2. The number of nitrogens with one attached hydrogen (secondary N) is 1. The summed E-state index contributed by atoms with van der Waals surface area (Å²) in [6.45, 7) is 0.916. The molecule has 0 spiro atoms. The molecular formula is C10H14N2. The minimum Gasteiger partial charge on any atom is -0.271 e.